The SMILES string of the molecule is CC[C@@H](C(=O)NCCOc1ccc(C)c(C)c1)N(c1ccc(C)cc1)S(C)(=O)=O. The lowest BCUT2D eigenvalue weighted by atomic mass is 10.1. The lowest BCUT2D eigenvalue weighted by molar-refractivity contribution is -0.122. The van der Waals surface area contributed by atoms with Crippen LogP contribution in [0.15, 0.2) is 42.5 Å². The molecule has 6 nitrogen and oxygen atoms in total. The van der Waals surface area contributed by atoms with Gasteiger partial charge in [0.25, 0.3) is 0 Å². The van der Waals surface area contributed by atoms with Crippen LogP contribution in [-0.2, 0) is 14.8 Å². The molecule has 1 N–H and O–H groups in total. The summed E-state index contributed by atoms with van der Waals surface area (Å²) < 4.78 is 31.7. The summed E-state index contributed by atoms with van der Waals surface area (Å²) in [6.07, 6.45) is 1.47. The molecule has 0 saturated heterocycles. The first-order valence-corrected chi connectivity index (χ1v) is 11.5. The Morgan fingerprint density at radius 2 is 1.72 bits per heavy atom. The van der Waals surface area contributed by atoms with Crippen LogP contribution >= 0.6 is 0 Å². The maximum absolute atomic E-state index is 12.7. The van der Waals surface area contributed by atoms with Gasteiger partial charge in [0, 0.05) is 0 Å². The molecule has 0 radical (unpaired) electrons. The van der Waals surface area contributed by atoms with Gasteiger partial charge < -0.3 is 10.1 Å². The average Bonchev–Trinajstić information content (AvgIpc) is 2.66. The number of carbonyl (C=O) groups excluding carboxylic acids is 1. The van der Waals surface area contributed by atoms with Gasteiger partial charge in [-0.15, -0.1) is 0 Å². The third-order valence-electron chi connectivity index (χ3n) is 4.77. The Morgan fingerprint density at radius 1 is 1.07 bits per heavy atom. The minimum absolute atomic E-state index is 0.285. The topological polar surface area (TPSA) is 75.7 Å². The fourth-order valence-electron chi connectivity index (χ4n) is 3.02. The summed E-state index contributed by atoms with van der Waals surface area (Å²) in [6, 6.07) is 12.1. The molecule has 0 fully saturated rings. The number of carbonyl (C=O) groups is 1. The molecule has 0 unspecified atom stereocenters. The summed E-state index contributed by atoms with van der Waals surface area (Å²) in [5.74, 6) is 0.397. The highest BCUT2D eigenvalue weighted by Gasteiger charge is 2.31. The molecule has 0 bridgehead atoms. The van der Waals surface area contributed by atoms with Crippen LogP contribution in [0.3, 0.4) is 0 Å². The number of amides is 1. The Morgan fingerprint density at radius 3 is 2.28 bits per heavy atom. The van der Waals surface area contributed by atoms with Gasteiger partial charge in [-0.3, -0.25) is 9.10 Å². The van der Waals surface area contributed by atoms with Gasteiger partial charge in [0.15, 0.2) is 0 Å². The molecule has 0 spiro atoms. The van der Waals surface area contributed by atoms with Crippen LogP contribution in [0.5, 0.6) is 5.75 Å². The van der Waals surface area contributed by atoms with Crippen molar-refractivity contribution in [1.82, 2.24) is 5.32 Å². The number of hydrogen-bond acceptors (Lipinski definition) is 4. The second-order valence-corrected chi connectivity index (χ2v) is 9.06. The van der Waals surface area contributed by atoms with E-state index in [9.17, 15) is 13.2 Å². The zero-order valence-electron chi connectivity index (χ0n) is 17.7. The van der Waals surface area contributed by atoms with Crippen molar-refractivity contribution >= 4 is 21.6 Å². The van der Waals surface area contributed by atoms with Crippen molar-refractivity contribution in [3.63, 3.8) is 0 Å². The number of ether oxygens (including phenoxy) is 1. The Bertz CT molecular complexity index is 940. The van der Waals surface area contributed by atoms with Crippen LogP contribution in [0.4, 0.5) is 5.69 Å². The normalized spacial score (nSPS) is 12.3. The van der Waals surface area contributed by atoms with Crippen molar-refractivity contribution in [2.45, 2.75) is 40.2 Å². The summed E-state index contributed by atoms with van der Waals surface area (Å²) in [5, 5.41) is 2.79. The van der Waals surface area contributed by atoms with Crippen LogP contribution in [0.1, 0.15) is 30.0 Å². The van der Waals surface area contributed by atoms with Crippen molar-refractivity contribution in [2.24, 2.45) is 0 Å². The van der Waals surface area contributed by atoms with E-state index in [1.165, 1.54) is 9.87 Å². The summed E-state index contributed by atoms with van der Waals surface area (Å²) in [4.78, 5) is 12.7. The number of anilines is 1. The molecule has 0 aliphatic heterocycles. The number of rotatable bonds is 9. The molecule has 0 heterocycles. The molecule has 2 aromatic rings. The summed E-state index contributed by atoms with van der Waals surface area (Å²) in [5.41, 5.74) is 3.82. The monoisotopic (exact) mass is 418 g/mol. The summed E-state index contributed by atoms with van der Waals surface area (Å²) in [6.45, 7) is 8.35. The predicted molar refractivity (Wildman–Crippen MR) is 117 cm³/mol. The predicted octanol–water partition coefficient (Wildman–Crippen LogP) is 3.35. The van der Waals surface area contributed by atoms with E-state index in [2.05, 4.69) is 5.32 Å². The van der Waals surface area contributed by atoms with E-state index < -0.39 is 16.1 Å². The Kier molecular flexibility index (Phi) is 7.67. The van der Waals surface area contributed by atoms with Crippen molar-refractivity contribution in [3.05, 3.63) is 59.2 Å². The maximum atomic E-state index is 12.7. The maximum Gasteiger partial charge on any atom is 0.244 e. The molecule has 2 rings (SSSR count). The van der Waals surface area contributed by atoms with Crippen LogP contribution in [-0.4, -0.2) is 39.8 Å². The lowest BCUT2D eigenvalue weighted by Crippen LogP contribution is -2.50. The van der Waals surface area contributed by atoms with Gasteiger partial charge in [0.05, 0.1) is 18.5 Å². The van der Waals surface area contributed by atoms with Gasteiger partial charge in [-0.1, -0.05) is 30.7 Å². The van der Waals surface area contributed by atoms with Gasteiger partial charge in [-0.05, 0) is 62.6 Å². The van der Waals surface area contributed by atoms with Gasteiger partial charge in [0.2, 0.25) is 15.9 Å². The van der Waals surface area contributed by atoms with Crippen molar-refractivity contribution < 1.29 is 17.9 Å². The van der Waals surface area contributed by atoms with Gasteiger partial charge in [-0.25, -0.2) is 8.42 Å². The number of nitrogens with one attached hydrogen (secondary N) is 1. The molecule has 0 aliphatic carbocycles. The zero-order valence-corrected chi connectivity index (χ0v) is 18.5. The second-order valence-electron chi connectivity index (χ2n) is 7.20. The van der Waals surface area contributed by atoms with Crippen LogP contribution < -0.4 is 14.4 Å². The van der Waals surface area contributed by atoms with E-state index in [1.54, 1.807) is 19.1 Å². The second kappa shape index (κ2) is 9.78. The number of aryl methyl sites for hydroxylation is 3. The lowest BCUT2D eigenvalue weighted by Gasteiger charge is -2.30. The van der Waals surface area contributed by atoms with Gasteiger partial charge in [0.1, 0.15) is 18.4 Å². The Labute approximate surface area is 173 Å². The zero-order chi connectivity index (χ0) is 21.6. The van der Waals surface area contributed by atoms with Crippen molar-refractivity contribution in [3.8, 4) is 5.75 Å². The summed E-state index contributed by atoms with van der Waals surface area (Å²) in [7, 11) is -3.63. The molecular formula is C22H30N2O4S. The van der Waals surface area contributed by atoms with E-state index in [0.717, 1.165) is 23.1 Å². The van der Waals surface area contributed by atoms with E-state index in [-0.39, 0.29) is 12.5 Å². The number of benzene rings is 2. The standard InChI is InChI=1S/C22H30N2O4S/c1-6-21(24(29(5,26)27)19-10-7-16(2)8-11-19)22(25)23-13-14-28-20-12-9-17(3)18(4)15-20/h7-12,15,21H,6,13-14H2,1-5H3,(H,23,25)/t21-/m0/s1. The molecular weight excluding hydrogens is 388 g/mol. The highest BCUT2D eigenvalue weighted by Crippen LogP contribution is 2.23. The first-order valence-electron chi connectivity index (χ1n) is 9.67. The fraction of sp³-hybridized carbons (Fsp3) is 0.409. The number of sulfonamides is 1. The molecule has 2 aromatic carbocycles. The van der Waals surface area contributed by atoms with E-state index in [1.807, 2.05) is 51.1 Å². The molecule has 0 aliphatic rings. The minimum Gasteiger partial charge on any atom is -0.492 e. The third kappa shape index (κ3) is 6.22. The van der Waals surface area contributed by atoms with E-state index in [4.69, 9.17) is 4.74 Å². The quantitative estimate of drug-likeness (QED) is 0.634. The molecule has 7 heteroatoms. The molecule has 158 valence electrons. The molecule has 0 saturated carbocycles. The van der Waals surface area contributed by atoms with Crippen LogP contribution in [0, 0.1) is 20.8 Å². The smallest absolute Gasteiger partial charge is 0.244 e. The van der Waals surface area contributed by atoms with Gasteiger partial charge in [-0.2, -0.15) is 0 Å². The molecule has 29 heavy (non-hydrogen) atoms. The fourth-order valence-corrected chi connectivity index (χ4v) is 4.23. The van der Waals surface area contributed by atoms with Gasteiger partial charge >= 0.3 is 0 Å². The molecule has 1 amide bonds. The number of nitrogens with zero attached hydrogens (tertiary/aromatic N) is 1. The van der Waals surface area contributed by atoms with Crippen LogP contribution in [0.25, 0.3) is 0 Å². The Hall–Kier alpha value is -2.54. The molecule has 1 atom stereocenters. The van der Waals surface area contributed by atoms with Crippen LogP contribution in [0.2, 0.25) is 0 Å². The average molecular weight is 419 g/mol. The van der Waals surface area contributed by atoms with E-state index >= 15 is 0 Å². The summed E-state index contributed by atoms with van der Waals surface area (Å²) >= 11 is 0. The Balaban J connectivity index is 2.03. The largest absolute Gasteiger partial charge is 0.492 e. The van der Waals surface area contributed by atoms with Crippen molar-refractivity contribution in [2.75, 3.05) is 23.7 Å². The minimum atomic E-state index is -3.63. The molecule has 0 aromatic heterocycles. The highest BCUT2D eigenvalue weighted by molar-refractivity contribution is 7.92. The van der Waals surface area contributed by atoms with E-state index in [0.29, 0.717) is 18.7 Å². The third-order valence-corrected chi connectivity index (χ3v) is 5.95. The first-order chi connectivity index (χ1) is 13.6. The first kappa shape index (κ1) is 22.7. The van der Waals surface area contributed by atoms with Crippen molar-refractivity contribution in [1.29, 1.82) is 0 Å². The highest BCUT2D eigenvalue weighted by atomic mass is 32.2. The number of hydrogen-bond donors (Lipinski definition) is 1.